The summed E-state index contributed by atoms with van der Waals surface area (Å²) in [6.45, 7) is 3.77. The van der Waals surface area contributed by atoms with Gasteiger partial charge in [0.05, 0.1) is 6.10 Å². The summed E-state index contributed by atoms with van der Waals surface area (Å²) in [4.78, 5) is 22.3. The zero-order valence-corrected chi connectivity index (χ0v) is 18.1. The standard InChI is InChI=1S/C19H34N2O11/c1-9-16(31-19-15(27)13(25)14(26)18(32-19)29-8-22)12(24)11(21-10(2)23)17(30-9)28-7-5-3-4-6-20/h8-9,11-19,24-27H,3-7,20H2,1-2H3,(H,21,23)/t9?,11?,12-,13+,14+,15?,16-,17-,18?,19-/m1/s1. The Labute approximate surface area is 185 Å². The lowest BCUT2D eigenvalue weighted by atomic mass is 9.96. The quantitative estimate of drug-likeness (QED) is 0.134. The molecular formula is C19H34N2O11. The second-order valence-corrected chi connectivity index (χ2v) is 7.82. The normalized spacial score (nSPS) is 40.0. The van der Waals surface area contributed by atoms with Crippen LogP contribution in [0.2, 0.25) is 0 Å². The van der Waals surface area contributed by atoms with E-state index >= 15 is 0 Å². The van der Waals surface area contributed by atoms with Gasteiger partial charge >= 0.3 is 0 Å². The Morgan fingerprint density at radius 3 is 2.31 bits per heavy atom. The van der Waals surface area contributed by atoms with Gasteiger partial charge < -0.3 is 55.2 Å². The average Bonchev–Trinajstić information content (AvgIpc) is 2.74. The third-order valence-corrected chi connectivity index (χ3v) is 5.32. The number of unbranched alkanes of at least 4 members (excludes halogenated alkanes) is 2. The van der Waals surface area contributed by atoms with Gasteiger partial charge in [-0.25, -0.2) is 0 Å². The van der Waals surface area contributed by atoms with Gasteiger partial charge in [0.1, 0.15) is 36.6 Å². The van der Waals surface area contributed by atoms with E-state index in [1.165, 1.54) is 6.92 Å². The Morgan fingerprint density at radius 2 is 1.69 bits per heavy atom. The van der Waals surface area contributed by atoms with Crippen LogP contribution in [0, 0.1) is 0 Å². The number of nitrogens with two attached hydrogens (primary N) is 1. The summed E-state index contributed by atoms with van der Waals surface area (Å²) in [7, 11) is 0. The second kappa shape index (κ2) is 12.7. The minimum Gasteiger partial charge on any atom is -0.435 e. The number of hydrogen-bond acceptors (Lipinski definition) is 12. The molecule has 32 heavy (non-hydrogen) atoms. The van der Waals surface area contributed by atoms with E-state index in [0.717, 1.165) is 12.8 Å². The van der Waals surface area contributed by atoms with E-state index in [-0.39, 0.29) is 6.47 Å². The van der Waals surface area contributed by atoms with Crippen LogP contribution in [0.3, 0.4) is 0 Å². The molecule has 7 N–H and O–H groups in total. The Balaban J connectivity index is 2.08. The number of carbonyl (C=O) groups excluding carboxylic acids is 2. The number of carbonyl (C=O) groups is 2. The molecule has 0 aromatic carbocycles. The minimum absolute atomic E-state index is 0.0127. The number of aliphatic hydroxyl groups excluding tert-OH is 4. The number of aliphatic hydroxyl groups is 4. The minimum atomic E-state index is -1.74. The monoisotopic (exact) mass is 466 g/mol. The van der Waals surface area contributed by atoms with Crippen LogP contribution >= 0.6 is 0 Å². The van der Waals surface area contributed by atoms with E-state index in [9.17, 15) is 30.0 Å². The van der Waals surface area contributed by atoms with Gasteiger partial charge in [0.25, 0.3) is 6.47 Å². The molecule has 1 amide bonds. The SMILES string of the molecule is CC(=O)NC1[C@H](OCCCCCN)OC(C)[C@@H](O[C@@H]2OC(OC=O)[C@@H](O)[C@H](O)C2O)[C@@H]1O. The molecule has 2 fully saturated rings. The number of amides is 1. The molecule has 4 unspecified atom stereocenters. The predicted octanol–water partition coefficient (Wildman–Crippen LogP) is -2.93. The van der Waals surface area contributed by atoms with Gasteiger partial charge in [0.2, 0.25) is 12.2 Å². The van der Waals surface area contributed by atoms with E-state index in [2.05, 4.69) is 10.1 Å². The molecule has 0 bridgehead atoms. The van der Waals surface area contributed by atoms with Crippen molar-refractivity contribution < 1.29 is 53.7 Å². The maximum absolute atomic E-state index is 11.7. The fourth-order valence-corrected chi connectivity index (χ4v) is 3.61. The summed E-state index contributed by atoms with van der Waals surface area (Å²) in [6.07, 6.45) is -10.1. The van der Waals surface area contributed by atoms with Crippen molar-refractivity contribution in [3.63, 3.8) is 0 Å². The first kappa shape index (κ1) is 26.8. The van der Waals surface area contributed by atoms with Crippen molar-refractivity contribution in [1.82, 2.24) is 5.32 Å². The number of nitrogens with one attached hydrogen (secondary N) is 1. The molecule has 10 atom stereocenters. The van der Waals surface area contributed by atoms with Gasteiger partial charge in [-0.15, -0.1) is 0 Å². The zero-order chi connectivity index (χ0) is 23.8. The lowest BCUT2D eigenvalue weighted by molar-refractivity contribution is -0.368. The molecule has 2 rings (SSSR count). The van der Waals surface area contributed by atoms with Crippen LogP contribution in [0.4, 0.5) is 0 Å². The van der Waals surface area contributed by atoms with Crippen LogP contribution in [0.5, 0.6) is 0 Å². The van der Waals surface area contributed by atoms with Gasteiger partial charge in [-0.1, -0.05) is 0 Å². The molecule has 0 saturated carbocycles. The molecule has 13 nitrogen and oxygen atoms in total. The van der Waals surface area contributed by atoms with Gasteiger partial charge in [-0.2, -0.15) is 0 Å². The molecule has 186 valence electrons. The highest BCUT2D eigenvalue weighted by atomic mass is 16.8. The van der Waals surface area contributed by atoms with Crippen LogP contribution in [0.25, 0.3) is 0 Å². The lowest BCUT2D eigenvalue weighted by Crippen LogP contribution is -2.66. The molecule has 2 heterocycles. The third-order valence-electron chi connectivity index (χ3n) is 5.32. The van der Waals surface area contributed by atoms with Crippen LogP contribution in [-0.4, -0.2) is 107 Å². The Kier molecular flexibility index (Phi) is 10.7. The molecule has 0 aromatic heterocycles. The highest BCUT2D eigenvalue weighted by Crippen LogP contribution is 2.29. The molecule has 0 aromatic rings. The highest BCUT2D eigenvalue weighted by molar-refractivity contribution is 5.73. The maximum Gasteiger partial charge on any atom is 0.295 e. The van der Waals surface area contributed by atoms with Gasteiger partial charge in [-0.3, -0.25) is 9.59 Å². The zero-order valence-electron chi connectivity index (χ0n) is 18.1. The fraction of sp³-hybridized carbons (Fsp3) is 0.895. The van der Waals surface area contributed by atoms with Crippen LogP contribution in [0.15, 0.2) is 0 Å². The van der Waals surface area contributed by atoms with E-state index in [1.54, 1.807) is 6.92 Å². The predicted molar refractivity (Wildman–Crippen MR) is 106 cm³/mol. The molecule has 13 heteroatoms. The number of rotatable bonds is 11. The lowest BCUT2D eigenvalue weighted by Gasteiger charge is -2.46. The second-order valence-electron chi connectivity index (χ2n) is 7.82. The largest absolute Gasteiger partial charge is 0.435 e. The van der Waals surface area contributed by atoms with Crippen molar-refractivity contribution in [1.29, 1.82) is 0 Å². The number of ether oxygens (including phenoxy) is 5. The third kappa shape index (κ3) is 6.79. The first-order valence-corrected chi connectivity index (χ1v) is 10.6. The fourth-order valence-electron chi connectivity index (χ4n) is 3.61. The Hall–Kier alpha value is -1.42. The topological polar surface area (TPSA) is 199 Å². The summed E-state index contributed by atoms with van der Waals surface area (Å²) in [5.74, 6) is -0.436. The summed E-state index contributed by atoms with van der Waals surface area (Å²) in [5.41, 5.74) is 5.47. The Bertz CT molecular complexity index is 598. The van der Waals surface area contributed by atoms with Crippen molar-refractivity contribution in [2.75, 3.05) is 13.2 Å². The van der Waals surface area contributed by atoms with Crippen molar-refractivity contribution in [3.8, 4) is 0 Å². The van der Waals surface area contributed by atoms with Gasteiger partial charge in [0, 0.05) is 13.5 Å². The van der Waals surface area contributed by atoms with Crippen LogP contribution in [-0.2, 0) is 33.3 Å². The molecule has 2 aliphatic rings. The summed E-state index contributed by atoms with van der Waals surface area (Å²) in [6, 6.07) is -0.999. The van der Waals surface area contributed by atoms with E-state index in [4.69, 9.17) is 24.7 Å². The maximum atomic E-state index is 11.7. The van der Waals surface area contributed by atoms with Crippen molar-refractivity contribution >= 4 is 12.4 Å². The van der Waals surface area contributed by atoms with E-state index in [1.807, 2.05) is 0 Å². The molecular weight excluding hydrogens is 432 g/mol. The van der Waals surface area contributed by atoms with Crippen molar-refractivity contribution in [2.24, 2.45) is 5.73 Å². The summed E-state index contributed by atoms with van der Waals surface area (Å²) >= 11 is 0. The van der Waals surface area contributed by atoms with Crippen molar-refractivity contribution in [3.05, 3.63) is 0 Å². The Morgan fingerprint density at radius 1 is 1.00 bits per heavy atom. The van der Waals surface area contributed by atoms with Crippen LogP contribution in [0.1, 0.15) is 33.1 Å². The number of hydrogen-bond donors (Lipinski definition) is 6. The summed E-state index contributed by atoms with van der Waals surface area (Å²) in [5, 5.41) is 43.6. The molecule has 0 radical (unpaired) electrons. The first-order chi connectivity index (χ1) is 15.2. The van der Waals surface area contributed by atoms with Crippen molar-refractivity contribution in [2.45, 2.75) is 94.6 Å². The van der Waals surface area contributed by atoms with Gasteiger partial charge in [0.15, 0.2) is 12.6 Å². The highest BCUT2D eigenvalue weighted by Gasteiger charge is 2.51. The average molecular weight is 466 g/mol. The summed E-state index contributed by atoms with van der Waals surface area (Å²) < 4.78 is 27.0. The van der Waals surface area contributed by atoms with Crippen LogP contribution < -0.4 is 11.1 Å². The van der Waals surface area contributed by atoms with Gasteiger partial charge in [-0.05, 0) is 32.7 Å². The van der Waals surface area contributed by atoms with E-state index < -0.39 is 67.4 Å². The van der Waals surface area contributed by atoms with E-state index in [0.29, 0.717) is 19.6 Å². The smallest absolute Gasteiger partial charge is 0.295 e. The molecule has 0 spiro atoms. The molecule has 2 saturated heterocycles. The first-order valence-electron chi connectivity index (χ1n) is 10.6. The molecule has 0 aliphatic carbocycles. The molecule has 2 aliphatic heterocycles.